The van der Waals surface area contributed by atoms with E-state index in [-0.39, 0.29) is 23.0 Å². The van der Waals surface area contributed by atoms with Crippen LogP contribution in [0.4, 0.5) is 34.1 Å². The molecule has 109 heavy (non-hydrogen) atoms. The molecule has 15 aromatic carbocycles. The molecular formula is C102H81BN6. The van der Waals surface area contributed by atoms with E-state index >= 15 is 0 Å². The quantitative estimate of drug-likeness (QED) is 0.142. The molecular weight excluding hydrogens is 1320 g/mol. The molecule has 0 saturated heterocycles. The Hall–Kier alpha value is -12.8. The van der Waals surface area contributed by atoms with Crippen molar-refractivity contribution in [3.63, 3.8) is 0 Å². The summed E-state index contributed by atoms with van der Waals surface area (Å²) < 4.78 is 10.1. The molecule has 0 N–H and O–H groups in total. The van der Waals surface area contributed by atoms with Crippen LogP contribution in [0.2, 0.25) is 0 Å². The summed E-state index contributed by atoms with van der Waals surface area (Å²) in [6, 6.07) is 124. The molecule has 6 nitrogen and oxygen atoms in total. The van der Waals surface area contributed by atoms with Gasteiger partial charge >= 0.3 is 0 Å². The maximum absolute atomic E-state index is 2.69. The fraction of sp³-hybridized carbons (Fsp3) is 0.118. The lowest BCUT2D eigenvalue weighted by atomic mass is 9.33. The van der Waals surface area contributed by atoms with Gasteiger partial charge in [0.15, 0.2) is 0 Å². The highest BCUT2D eigenvalue weighted by Gasteiger charge is 2.46. The zero-order valence-corrected chi connectivity index (χ0v) is 62.9. The molecule has 2 aliphatic rings. The summed E-state index contributed by atoms with van der Waals surface area (Å²) >= 11 is 0. The molecule has 0 atom stereocenters. The van der Waals surface area contributed by atoms with Crippen LogP contribution < -0.4 is 26.2 Å². The minimum atomic E-state index is -0.306. The highest BCUT2D eigenvalue weighted by atomic mass is 15.2. The van der Waals surface area contributed by atoms with Gasteiger partial charge in [-0.1, -0.05) is 269 Å². The second-order valence-electron chi connectivity index (χ2n) is 33.3. The zero-order chi connectivity index (χ0) is 73.5. The Morgan fingerprint density at radius 3 is 0.963 bits per heavy atom. The molecule has 0 saturated carbocycles. The molecule has 19 aromatic rings. The monoisotopic (exact) mass is 1400 g/mol. The largest absolute Gasteiger partial charge is 0.311 e. The first-order chi connectivity index (χ1) is 53.0. The fourth-order valence-corrected chi connectivity index (χ4v) is 18.6. The van der Waals surface area contributed by atoms with Crippen LogP contribution in [0, 0.1) is 0 Å². The summed E-state index contributed by atoms with van der Waals surface area (Å²) in [6.07, 6.45) is 0. The van der Waals surface area contributed by atoms with Crippen LogP contribution in [-0.4, -0.2) is 25.0 Å². The van der Waals surface area contributed by atoms with E-state index in [1.165, 1.54) is 143 Å². The van der Waals surface area contributed by atoms with Crippen molar-refractivity contribution in [3.8, 4) is 45.0 Å². The lowest BCUT2D eigenvalue weighted by molar-refractivity contribution is 0.590. The van der Waals surface area contributed by atoms with Crippen LogP contribution in [-0.2, 0) is 16.2 Å². The van der Waals surface area contributed by atoms with Crippen molar-refractivity contribution in [2.45, 2.75) is 78.6 Å². The summed E-state index contributed by atoms with van der Waals surface area (Å²) in [4.78, 5) is 5.38. The van der Waals surface area contributed by atoms with Gasteiger partial charge in [0.25, 0.3) is 6.71 Å². The molecule has 522 valence electrons. The van der Waals surface area contributed by atoms with Crippen LogP contribution in [0.25, 0.3) is 132 Å². The number of rotatable bonds is 8. The summed E-state index contributed by atoms with van der Waals surface area (Å²) in [5.41, 5.74) is 32.4. The average molecular weight is 1400 g/mol. The van der Waals surface area contributed by atoms with Crippen molar-refractivity contribution in [2.24, 2.45) is 0 Å². The van der Waals surface area contributed by atoms with Crippen molar-refractivity contribution >= 4 is 144 Å². The molecule has 4 aromatic heterocycles. The third-order valence-corrected chi connectivity index (χ3v) is 23.8. The van der Waals surface area contributed by atoms with Crippen molar-refractivity contribution in [3.05, 3.63) is 344 Å². The number of aromatic nitrogens is 4. The first-order valence-electron chi connectivity index (χ1n) is 38.5. The fourth-order valence-electron chi connectivity index (χ4n) is 18.6. The Morgan fingerprint density at radius 2 is 0.578 bits per heavy atom. The lowest BCUT2D eigenvalue weighted by Crippen LogP contribution is -2.61. The van der Waals surface area contributed by atoms with E-state index in [1.807, 2.05) is 0 Å². The summed E-state index contributed by atoms with van der Waals surface area (Å²) in [5.74, 6) is 0. The SMILES string of the molecule is CC(C)(C)c1ccc(N2c3cc(-n4c5ccccc5c5ccc6c(c7ccccc7n6-c6ccccc6)c54)ccc3B3c4ccc(-n5c6ccccc6c6ccc7c(c8ccccc8n7-c7ccccc7)c65)cc4N(c4ccc(C(C)(C)C)cc4-c4ccccc4)c4cc(C(C)(C)C)cc2c43)c(-c2ccccc2)c1. The second-order valence-corrected chi connectivity index (χ2v) is 33.3. The predicted molar refractivity (Wildman–Crippen MR) is 465 cm³/mol. The summed E-state index contributed by atoms with van der Waals surface area (Å²) in [5, 5.41) is 9.76. The van der Waals surface area contributed by atoms with E-state index in [9.17, 15) is 0 Å². The smallest absolute Gasteiger partial charge is 0.252 e. The Kier molecular flexibility index (Phi) is 14.1. The van der Waals surface area contributed by atoms with Gasteiger partial charge in [0.2, 0.25) is 0 Å². The number of para-hydroxylation sites is 6. The van der Waals surface area contributed by atoms with Gasteiger partial charge < -0.3 is 28.1 Å². The van der Waals surface area contributed by atoms with Gasteiger partial charge in [0.05, 0.1) is 55.5 Å². The van der Waals surface area contributed by atoms with Gasteiger partial charge in [-0.2, -0.15) is 0 Å². The van der Waals surface area contributed by atoms with Crippen LogP contribution in [0.3, 0.4) is 0 Å². The Labute approximate surface area is 636 Å². The van der Waals surface area contributed by atoms with Crippen molar-refractivity contribution in [1.29, 1.82) is 0 Å². The zero-order valence-electron chi connectivity index (χ0n) is 62.9. The maximum Gasteiger partial charge on any atom is 0.252 e. The van der Waals surface area contributed by atoms with E-state index in [1.54, 1.807) is 0 Å². The lowest BCUT2D eigenvalue weighted by Gasteiger charge is -2.46. The van der Waals surface area contributed by atoms with Gasteiger partial charge in [-0.15, -0.1) is 0 Å². The molecule has 0 aliphatic carbocycles. The number of nitrogens with zero attached hydrogens (tertiary/aromatic N) is 6. The van der Waals surface area contributed by atoms with Crippen LogP contribution in [0.1, 0.15) is 79.0 Å². The third kappa shape index (κ3) is 9.74. The van der Waals surface area contributed by atoms with Crippen LogP contribution in [0.5, 0.6) is 0 Å². The number of benzene rings is 15. The van der Waals surface area contributed by atoms with Crippen molar-refractivity contribution in [2.75, 3.05) is 9.80 Å². The molecule has 0 spiro atoms. The topological polar surface area (TPSA) is 26.2 Å². The molecule has 6 heterocycles. The highest BCUT2D eigenvalue weighted by Crippen LogP contribution is 2.53. The molecule has 0 fully saturated rings. The van der Waals surface area contributed by atoms with E-state index in [4.69, 9.17) is 0 Å². The Bertz CT molecular complexity index is 6560. The van der Waals surface area contributed by atoms with E-state index in [2.05, 4.69) is 418 Å². The molecule has 0 unspecified atom stereocenters. The molecule has 7 heteroatoms. The third-order valence-electron chi connectivity index (χ3n) is 23.8. The first-order valence-corrected chi connectivity index (χ1v) is 38.5. The van der Waals surface area contributed by atoms with E-state index in [0.29, 0.717) is 0 Å². The van der Waals surface area contributed by atoms with Crippen molar-refractivity contribution in [1.82, 2.24) is 18.3 Å². The second kappa shape index (κ2) is 23.8. The van der Waals surface area contributed by atoms with Crippen LogP contribution in [0.15, 0.2) is 328 Å². The van der Waals surface area contributed by atoms with Gasteiger partial charge in [0, 0.05) is 99.7 Å². The molecule has 0 bridgehead atoms. The number of hydrogen-bond acceptors (Lipinski definition) is 2. The van der Waals surface area contributed by atoms with E-state index in [0.717, 1.165) is 56.5 Å². The molecule has 0 radical (unpaired) electrons. The number of fused-ring (bicyclic) bond motifs is 18. The standard InChI is InChI=1S/C102H81BN6/c1-100(2,3)66-46-54-87(79(58-66)64-30-14-10-15-31-64)108-91-62-71(106-83-42-26-22-38-73(83)75-50-56-89-95(98(75)106)77-40-24-28-44-85(77)104(89)69-34-18-12-19-35-69)48-52-81(91)103-82-53-49-72(107-84-43-27-23-39-74(84)76-51-57-90-96(99(76)107)78-41-25-29-45-86(78)105(90)70-36-20-13-21-37-70)63-92(82)109(94-61-68(102(7,8)9)60-93(108)97(94)103)88-55-47-67(101(4,5)6)59-80(88)65-32-16-11-17-33-65/h10-63H,1-9H3. The van der Waals surface area contributed by atoms with Gasteiger partial charge in [0.1, 0.15) is 0 Å². The molecule has 21 rings (SSSR count). The minimum Gasteiger partial charge on any atom is -0.311 e. The Morgan fingerprint density at radius 1 is 0.229 bits per heavy atom. The van der Waals surface area contributed by atoms with Crippen LogP contribution >= 0.6 is 0 Å². The van der Waals surface area contributed by atoms with Crippen molar-refractivity contribution < 1.29 is 0 Å². The Balaban J connectivity index is 0.905. The average Bonchev–Trinajstić information content (AvgIpc) is 1.67. The van der Waals surface area contributed by atoms with Gasteiger partial charge in [-0.25, -0.2) is 0 Å². The summed E-state index contributed by atoms with van der Waals surface area (Å²) in [6.45, 7) is 21.0. The van der Waals surface area contributed by atoms with E-state index < -0.39 is 0 Å². The maximum atomic E-state index is 2.69. The predicted octanol–water partition coefficient (Wildman–Crippen LogP) is 25.4. The van der Waals surface area contributed by atoms with Gasteiger partial charge in [-0.05, 0) is 182 Å². The highest BCUT2D eigenvalue weighted by molar-refractivity contribution is 7.00. The molecule has 0 amide bonds. The molecule has 2 aliphatic heterocycles. The summed E-state index contributed by atoms with van der Waals surface area (Å²) in [7, 11) is 0. The van der Waals surface area contributed by atoms with Gasteiger partial charge in [-0.3, -0.25) is 0 Å². The minimum absolute atomic E-state index is 0.134. The first kappa shape index (κ1) is 64.5. The normalized spacial score (nSPS) is 13.1. The number of hydrogen-bond donors (Lipinski definition) is 0. The number of anilines is 6.